The van der Waals surface area contributed by atoms with E-state index in [-0.39, 0.29) is 0 Å². The van der Waals surface area contributed by atoms with Crippen LogP contribution in [0.15, 0.2) is 12.7 Å². The molecule has 0 aliphatic carbocycles. The third-order valence-electron chi connectivity index (χ3n) is 5.12. The van der Waals surface area contributed by atoms with Gasteiger partial charge in [-0.3, -0.25) is 4.90 Å². The summed E-state index contributed by atoms with van der Waals surface area (Å²) in [7, 11) is 0. The molecular weight excluding hydrogens is 244 g/mol. The Morgan fingerprint density at radius 1 is 0.900 bits per heavy atom. The molecule has 1 saturated heterocycles. The van der Waals surface area contributed by atoms with Crippen molar-refractivity contribution in [3.05, 3.63) is 46.0 Å². The van der Waals surface area contributed by atoms with Gasteiger partial charge in [0.05, 0.1) is 6.04 Å². The van der Waals surface area contributed by atoms with Gasteiger partial charge in [-0.25, -0.2) is 0 Å². The topological polar surface area (TPSA) is 15.3 Å². The van der Waals surface area contributed by atoms with E-state index in [1.807, 2.05) is 0 Å². The van der Waals surface area contributed by atoms with Crippen LogP contribution in [0.2, 0.25) is 0 Å². The molecule has 1 aliphatic heterocycles. The van der Waals surface area contributed by atoms with Crippen molar-refractivity contribution >= 4 is 0 Å². The van der Waals surface area contributed by atoms with E-state index in [4.69, 9.17) is 0 Å². The molecule has 1 N–H and O–H groups in total. The first-order valence-corrected chi connectivity index (χ1v) is 7.63. The van der Waals surface area contributed by atoms with Crippen LogP contribution in [0.25, 0.3) is 0 Å². The molecule has 2 nitrogen and oxygen atoms in total. The second-order valence-corrected chi connectivity index (χ2v) is 6.01. The van der Waals surface area contributed by atoms with Crippen LogP contribution >= 0.6 is 0 Å². The monoisotopic (exact) mass is 272 g/mol. The first-order chi connectivity index (χ1) is 9.49. The zero-order chi connectivity index (χ0) is 14.9. The summed E-state index contributed by atoms with van der Waals surface area (Å²) in [6.07, 6.45) is 2.12. The molecular formula is C18H28N2. The predicted octanol–water partition coefficient (Wildman–Crippen LogP) is 3.36. The summed E-state index contributed by atoms with van der Waals surface area (Å²) in [5.74, 6) is 0. The quantitative estimate of drug-likeness (QED) is 0.849. The minimum atomic E-state index is 0.343. The normalized spacial score (nSPS) is 18.1. The molecule has 1 heterocycles. The van der Waals surface area contributed by atoms with E-state index in [0.717, 1.165) is 26.2 Å². The van der Waals surface area contributed by atoms with E-state index in [0.29, 0.717) is 6.04 Å². The molecule has 2 rings (SSSR count). The Hall–Kier alpha value is -1.12. The maximum Gasteiger partial charge on any atom is 0.0535 e. The number of hydrogen-bond donors (Lipinski definition) is 1. The number of nitrogens with zero attached hydrogens (tertiary/aromatic N) is 1. The number of benzene rings is 1. The summed E-state index contributed by atoms with van der Waals surface area (Å²) in [6.45, 7) is 19.7. The highest BCUT2D eigenvalue weighted by Crippen LogP contribution is 2.34. The predicted molar refractivity (Wildman–Crippen MR) is 87.5 cm³/mol. The van der Waals surface area contributed by atoms with E-state index in [9.17, 15) is 0 Å². The Balaban J connectivity index is 2.51. The summed E-state index contributed by atoms with van der Waals surface area (Å²) in [6, 6.07) is 0.343. The zero-order valence-electron chi connectivity index (χ0n) is 13.6. The van der Waals surface area contributed by atoms with E-state index in [1.165, 1.54) is 33.4 Å². The minimum absolute atomic E-state index is 0.343. The van der Waals surface area contributed by atoms with Crippen molar-refractivity contribution in [3.8, 4) is 0 Å². The van der Waals surface area contributed by atoms with E-state index >= 15 is 0 Å². The molecule has 1 atom stereocenters. The lowest BCUT2D eigenvalue weighted by Gasteiger charge is -2.36. The van der Waals surface area contributed by atoms with Crippen molar-refractivity contribution < 1.29 is 0 Å². The fraction of sp³-hybridized carbons (Fsp3) is 0.556. The lowest BCUT2D eigenvalue weighted by Crippen LogP contribution is -2.45. The van der Waals surface area contributed by atoms with Crippen LogP contribution in [0.3, 0.4) is 0 Å². The van der Waals surface area contributed by atoms with Gasteiger partial charge in [-0.1, -0.05) is 6.08 Å². The lowest BCUT2D eigenvalue weighted by molar-refractivity contribution is 0.202. The van der Waals surface area contributed by atoms with Crippen LogP contribution in [0.5, 0.6) is 0 Å². The molecule has 20 heavy (non-hydrogen) atoms. The number of nitrogens with one attached hydrogen (secondary N) is 1. The van der Waals surface area contributed by atoms with Crippen molar-refractivity contribution in [2.75, 3.05) is 26.2 Å². The Kier molecular flexibility index (Phi) is 4.66. The number of rotatable bonds is 3. The fourth-order valence-corrected chi connectivity index (χ4v) is 3.38. The molecule has 1 aromatic rings. The highest BCUT2D eigenvalue weighted by atomic mass is 15.2. The van der Waals surface area contributed by atoms with Gasteiger partial charge in [0.2, 0.25) is 0 Å². The van der Waals surface area contributed by atoms with Crippen LogP contribution < -0.4 is 5.32 Å². The standard InChI is InChI=1S/C18H28N2/c1-7-17(20-10-8-19-9-11-20)18-15(5)13(3)12(2)14(4)16(18)6/h7,17,19H,1,8-11H2,2-6H3/t17-/m1/s1. The van der Waals surface area contributed by atoms with Gasteiger partial charge in [-0.15, -0.1) is 6.58 Å². The van der Waals surface area contributed by atoms with Gasteiger partial charge in [-0.05, 0) is 68.0 Å². The molecule has 2 heteroatoms. The van der Waals surface area contributed by atoms with Crippen LogP contribution in [-0.2, 0) is 0 Å². The van der Waals surface area contributed by atoms with Crippen LogP contribution in [-0.4, -0.2) is 31.1 Å². The van der Waals surface area contributed by atoms with Crippen molar-refractivity contribution in [1.29, 1.82) is 0 Å². The Bertz CT molecular complexity index is 482. The van der Waals surface area contributed by atoms with Crippen LogP contribution in [0.1, 0.15) is 39.4 Å². The van der Waals surface area contributed by atoms with Gasteiger partial charge in [-0.2, -0.15) is 0 Å². The first kappa shape index (κ1) is 15.3. The molecule has 1 aliphatic rings. The maximum atomic E-state index is 4.11. The molecule has 110 valence electrons. The summed E-state index contributed by atoms with van der Waals surface area (Å²) < 4.78 is 0. The lowest BCUT2D eigenvalue weighted by atomic mass is 9.85. The first-order valence-electron chi connectivity index (χ1n) is 7.63. The molecule has 0 amide bonds. The number of piperazine rings is 1. The second-order valence-electron chi connectivity index (χ2n) is 6.01. The highest BCUT2D eigenvalue weighted by molar-refractivity contribution is 5.51. The third kappa shape index (κ3) is 2.55. The molecule has 0 bridgehead atoms. The van der Waals surface area contributed by atoms with Gasteiger partial charge in [0, 0.05) is 26.2 Å². The molecule has 0 unspecified atom stereocenters. The molecule has 0 spiro atoms. The SMILES string of the molecule is C=C[C@H](c1c(C)c(C)c(C)c(C)c1C)N1CCNCC1. The van der Waals surface area contributed by atoms with Gasteiger partial charge >= 0.3 is 0 Å². The summed E-state index contributed by atoms with van der Waals surface area (Å²) >= 11 is 0. The average Bonchev–Trinajstić information content (AvgIpc) is 2.48. The van der Waals surface area contributed by atoms with Crippen molar-refractivity contribution in [1.82, 2.24) is 10.2 Å². The third-order valence-corrected chi connectivity index (χ3v) is 5.12. The molecule has 0 radical (unpaired) electrons. The fourth-order valence-electron chi connectivity index (χ4n) is 3.38. The smallest absolute Gasteiger partial charge is 0.0535 e. The van der Waals surface area contributed by atoms with E-state index in [2.05, 4.69) is 57.5 Å². The van der Waals surface area contributed by atoms with Crippen molar-refractivity contribution in [2.24, 2.45) is 0 Å². The van der Waals surface area contributed by atoms with Gasteiger partial charge < -0.3 is 5.32 Å². The Labute approximate surface area is 123 Å². The van der Waals surface area contributed by atoms with Gasteiger partial charge in [0.25, 0.3) is 0 Å². The number of hydrogen-bond acceptors (Lipinski definition) is 2. The van der Waals surface area contributed by atoms with Crippen molar-refractivity contribution in [2.45, 2.75) is 40.7 Å². The molecule has 1 fully saturated rings. The highest BCUT2D eigenvalue weighted by Gasteiger charge is 2.24. The maximum absolute atomic E-state index is 4.11. The zero-order valence-corrected chi connectivity index (χ0v) is 13.6. The second kappa shape index (κ2) is 6.11. The summed E-state index contributed by atoms with van der Waals surface area (Å²) in [4.78, 5) is 2.55. The summed E-state index contributed by atoms with van der Waals surface area (Å²) in [5.41, 5.74) is 8.66. The van der Waals surface area contributed by atoms with Crippen LogP contribution in [0, 0.1) is 34.6 Å². The Morgan fingerprint density at radius 2 is 1.35 bits per heavy atom. The Morgan fingerprint density at radius 3 is 1.80 bits per heavy atom. The molecule has 0 saturated carbocycles. The van der Waals surface area contributed by atoms with E-state index in [1.54, 1.807) is 0 Å². The molecule has 1 aromatic carbocycles. The van der Waals surface area contributed by atoms with Gasteiger partial charge in [0.1, 0.15) is 0 Å². The minimum Gasteiger partial charge on any atom is -0.314 e. The molecule has 0 aromatic heterocycles. The largest absolute Gasteiger partial charge is 0.314 e. The average molecular weight is 272 g/mol. The van der Waals surface area contributed by atoms with Gasteiger partial charge in [0.15, 0.2) is 0 Å². The van der Waals surface area contributed by atoms with E-state index < -0.39 is 0 Å². The van der Waals surface area contributed by atoms with Crippen LogP contribution in [0.4, 0.5) is 0 Å². The van der Waals surface area contributed by atoms with Crippen molar-refractivity contribution in [3.63, 3.8) is 0 Å². The summed E-state index contributed by atoms with van der Waals surface area (Å²) in [5, 5.41) is 3.43.